The van der Waals surface area contributed by atoms with E-state index in [0.717, 1.165) is 82.7 Å². The van der Waals surface area contributed by atoms with E-state index in [2.05, 4.69) is 167 Å². The predicted molar refractivity (Wildman–Crippen MR) is 232 cm³/mol. The van der Waals surface area contributed by atoms with Gasteiger partial charge in [0.1, 0.15) is 11.2 Å². The lowest BCUT2D eigenvalue weighted by Crippen LogP contribution is -2.08. The molecule has 6 nitrogen and oxygen atoms in total. The van der Waals surface area contributed by atoms with E-state index in [9.17, 15) is 0 Å². The van der Waals surface area contributed by atoms with Crippen molar-refractivity contribution in [2.75, 3.05) is 0 Å². The Morgan fingerprint density at radius 3 is 1.49 bits per heavy atom. The summed E-state index contributed by atoms with van der Waals surface area (Å²) in [5, 5.41) is 6.70. The molecule has 57 heavy (non-hydrogen) atoms. The first kappa shape index (κ1) is 31.5. The third-order valence-electron chi connectivity index (χ3n) is 11.2. The Kier molecular flexibility index (Phi) is 6.83. The summed E-state index contributed by atoms with van der Waals surface area (Å²) >= 11 is 0. The van der Waals surface area contributed by atoms with Crippen LogP contribution in [0.5, 0.6) is 0 Å². The van der Waals surface area contributed by atoms with E-state index in [1.807, 2.05) is 30.3 Å². The second-order valence-corrected chi connectivity index (χ2v) is 14.4. The van der Waals surface area contributed by atoms with Crippen LogP contribution in [0, 0.1) is 0 Å². The van der Waals surface area contributed by atoms with Gasteiger partial charge in [-0.05, 0) is 59.7 Å². The molecule has 266 valence electrons. The number of hydrogen-bond donors (Lipinski definition) is 0. The zero-order valence-electron chi connectivity index (χ0n) is 30.5. The molecule has 0 radical (unpaired) electrons. The summed E-state index contributed by atoms with van der Waals surface area (Å²) in [5.41, 5.74) is 10.6. The maximum Gasteiger partial charge on any atom is 0.238 e. The molecule has 0 fully saturated rings. The van der Waals surface area contributed by atoms with Crippen molar-refractivity contribution in [2.24, 2.45) is 0 Å². The minimum atomic E-state index is 0.527. The zero-order valence-corrected chi connectivity index (χ0v) is 30.5. The number of hydrogen-bond acceptors (Lipinski definition) is 4. The van der Waals surface area contributed by atoms with Crippen molar-refractivity contribution in [1.29, 1.82) is 0 Å². The first-order valence-electron chi connectivity index (χ1n) is 19.1. The largest absolute Gasteiger partial charge is 0.455 e. The number of para-hydroxylation sites is 6. The number of rotatable bonds is 5. The molecule has 12 rings (SSSR count). The highest BCUT2D eigenvalue weighted by Crippen LogP contribution is 2.40. The third-order valence-corrected chi connectivity index (χ3v) is 11.2. The van der Waals surface area contributed by atoms with Gasteiger partial charge in [0.05, 0.1) is 33.3 Å². The third kappa shape index (κ3) is 4.81. The van der Waals surface area contributed by atoms with Crippen LogP contribution in [0.3, 0.4) is 0 Å². The van der Waals surface area contributed by atoms with E-state index in [0.29, 0.717) is 17.6 Å². The van der Waals surface area contributed by atoms with E-state index >= 15 is 0 Å². The van der Waals surface area contributed by atoms with E-state index in [4.69, 9.17) is 19.4 Å². The molecule has 0 bridgehead atoms. The highest BCUT2D eigenvalue weighted by molar-refractivity contribution is 6.11. The molecule has 0 aliphatic rings. The molecule has 0 amide bonds. The molecule has 0 saturated carbocycles. The first-order valence-corrected chi connectivity index (χ1v) is 19.1. The average molecular weight is 730 g/mol. The first-order chi connectivity index (χ1) is 28.3. The standard InChI is InChI=1S/C51H31N5O/c1-2-15-32(16-3-1)33-29-30-46(55-42-24-9-4-17-34(42)35-18-5-10-25-43(35)55)41(31-33)50-52-49(40-23-14-22-39-38-21-8-13-28-47(38)57-48(39)40)53-51(54-50)56-44-26-11-6-19-36(44)37-20-7-12-27-45(37)56/h1-31H. The second kappa shape index (κ2) is 12.3. The van der Waals surface area contributed by atoms with Gasteiger partial charge in [-0.15, -0.1) is 0 Å². The molecule has 8 aromatic carbocycles. The lowest BCUT2D eigenvalue weighted by molar-refractivity contribution is 0.669. The van der Waals surface area contributed by atoms with Gasteiger partial charge in [-0.2, -0.15) is 9.97 Å². The highest BCUT2D eigenvalue weighted by atomic mass is 16.3. The predicted octanol–water partition coefficient (Wildman–Crippen LogP) is 13.0. The molecular formula is C51H31N5O. The Hall–Kier alpha value is -7.83. The summed E-state index contributed by atoms with van der Waals surface area (Å²) in [5.74, 6) is 1.61. The van der Waals surface area contributed by atoms with Crippen LogP contribution in [-0.4, -0.2) is 24.1 Å². The minimum Gasteiger partial charge on any atom is -0.455 e. The Morgan fingerprint density at radius 2 is 0.860 bits per heavy atom. The van der Waals surface area contributed by atoms with E-state index in [-0.39, 0.29) is 0 Å². The molecule has 0 spiro atoms. The fraction of sp³-hybridized carbons (Fsp3) is 0. The summed E-state index contributed by atoms with van der Waals surface area (Å²) in [6.45, 7) is 0. The van der Waals surface area contributed by atoms with Crippen LogP contribution < -0.4 is 0 Å². The number of aromatic nitrogens is 5. The van der Waals surface area contributed by atoms with Crippen LogP contribution in [-0.2, 0) is 0 Å². The summed E-state index contributed by atoms with van der Waals surface area (Å²) in [4.78, 5) is 16.2. The van der Waals surface area contributed by atoms with Crippen LogP contribution in [0.2, 0.25) is 0 Å². The molecule has 0 saturated heterocycles. The van der Waals surface area contributed by atoms with Gasteiger partial charge < -0.3 is 8.98 Å². The van der Waals surface area contributed by atoms with Crippen LogP contribution >= 0.6 is 0 Å². The van der Waals surface area contributed by atoms with E-state index < -0.39 is 0 Å². The second-order valence-electron chi connectivity index (χ2n) is 14.4. The quantitative estimate of drug-likeness (QED) is 0.177. The Balaban J connectivity index is 1.21. The van der Waals surface area contributed by atoms with Gasteiger partial charge in [-0.1, -0.05) is 140 Å². The van der Waals surface area contributed by atoms with Gasteiger partial charge in [0.25, 0.3) is 0 Å². The Morgan fingerprint density at radius 1 is 0.351 bits per heavy atom. The number of nitrogens with zero attached hydrogens (tertiary/aromatic N) is 5. The maximum atomic E-state index is 6.60. The molecular weight excluding hydrogens is 699 g/mol. The monoisotopic (exact) mass is 729 g/mol. The van der Waals surface area contributed by atoms with Gasteiger partial charge in [0.15, 0.2) is 11.6 Å². The smallest absolute Gasteiger partial charge is 0.238 e. The Labute approximate surface area is 326 Å². The van der Waals surface area contributed by atoms with Crippen LogP contribution in [0.1, 0.15) is 0 Å². The van der Waals surface area contributed by atoms with Crippen molar-refractivity contribution in [3.05, 3.63) is 188 Å². The van der Waals surface area contributed by atoms with Gasteiger partial charge >= 0.3 is 0 Å². The van der Waals surface area contributed by atoms with Crippen molar-refractivity contribution in [1.82, 2.24) is 24.1 Å². The van der Waals surface area contributed by atoms with Crippen molar-refractivity contribution in [3.8, 4) is 45.5 Å². The number of furan rings is 1. The maximum absolute atomic E-state index is 6.60. The average Bonchev–Trinajstić information content (AvgIpc) is 3.94. The SMILES string of the molecule is c1ccc(-c2ccc(-n3c4ccccc4c4ccccc43)c(-c3nc(-c4cccc5c4oc4ccccc45)nc(-n4c5ccccc5c5ccccc54)n3)c2)cc1. The molecule has 0 aliphatic carbocycles. The van der Waals surface area contributed by atoms with Gasteiger partial charge in [0, 0.05) is 37.9 Å². The molecule has 0 aliphatic heterocycles. The highest BCUT2D eigenvalue weighted by Gasteiger charge is 2.23. The van der Waals surface area contributed by atoms with Crippen LogP contribution in [0.15, 0.2) is 192 Å². The van der Waals surface area contributed by atoms with Gasteiger partial charge in [-0.25, -0.2) is 4.98 Å². The molecule has 0 N–H and O–H groups in total. The van der Waals surface area contributed by atoms with Crippen LogP contribution in [0.4, 0.5) is 0 Å². The summed E-state index contributed by atoms with van der Waals surface area (Å²) < 4.78 is 11.1. The normalized spacial score (nSPS) is 11.9. The van der Waals surface area contributed by atoms with Crippen molar-refractivity contribution in [3.63, 3.8) is 0 Å². The molecule has 0 unspecified atom stereocenters. The molecule has 12 aromatic rings. The van der Waals surface area contributed by atoms with Crippen molar-refractivity contribution >= 4 is 65.6 Å². The molecule has 4 aromatic heterocycles. The lowest BCUT2D eigenvalue weighted by atomic mass is 10.0. The fourth-order valence-corrected chi connectivity index (χ4v) is 8.67. The van der Waals surface area contributed by atoms with Crippen molar-refractivity contribution in [2.45, 2.75) is 0 Å². The minimum absolute atomic E-state index is 0.527. The van der Waals surface area contributed by atoms with Gasteiger partial charge in [0.2, 0.25) is 5.95 Å². The van der Waals surface area contributed by atoms with Gasteiger partial charge in [-0.3, -0.25) is 4.57 Å². The Bertz CT molecular complexity index is 3430. The molecule has 4 heterocycles. The number of benzene rings is 8. The fourth-order valence-electron chi connectivity index (χ4n) is 8.67. The molecule has 6 heteroatoms. The van der Waals surface area contributed by atoms with E-state index in [1.165, 1.54) is 10.8 Å². The number of fused-ring (bicyclic) bond motifs is 9. The van der Waals surface area contributed by atoms with Crippen molar-refractivity contribution < 1.29 is 4.42 Å². The lowest BCUT2D eigenvalue weighted by Gasteiger charge is -2.17. The molecule has 0 atom stereocenters. The van der Waals surface area contributed by atoms with E-state index in [1.54, 1.807) is 0 Å². The summed E-state index contributed by atoms with van der Waals surface area (Å²) in [6, 6.07) is 65.6. The summed E-state index contributed by atoms with van der Waals surface area (Å²) in [7, 11) is 0. The van der Waals surface area contributed by atoms with Crippen LogP contribution in [0.25, 0.3) is 111 Å². The zero-order chi connectivity index (χ0) is 37.5. The summed E-state index contributed by atoms with van der Waals surface area (Å²) in [6.07, 6.45) is 0. The topological polar surface area (TPSA) is 61.7 Å².